The molecule has 2 amide bonds. The lowest BCUT2D eigenvalue weighted by Crippen LogP contribution is -2.41. The number of hydrogen-bond donors (Lipinski definition) is 2. The smallest absolute Gasteiger partial charge is 0.262 e. The van der Waals surface area contributed by atoms with E-state index in [1.807, 2.05) is 24.3 Å². The van der Waals surface area contributed by atoms with Gasteiger partial charge in [-0.15, -0.1) is 0 Å². The molecule has 1 aromatic carbocycles. The molecule has 0 radical (unpaired) electrons. The molecule has 6 nitrogen and oxygen atoms in total. The van der Waals surface area contributed by atoms with Crippen LogP contribution in [0.3, 0.4) is 0 Å². The van der Waals surface area contributed by atoms with Crippen molar-refractivity contribution in [3.8, 4) is 0 Å². The molecule has 1 saturated heterocycles. The second kappa shape index (κ2) is 7.74. The topological polar surface area (TPSA) is 92.3 Å². The monoisotopic (exact) mass is 400 g/mol. The van der Waals surface area contributed by atoms with Crippen LogP contribution in [0.4, 0.5) is 0 Å². The van der Waals surface area contributed by atoms with Crippen molar-refractivity contribution in [1.29, 1.82) is 0 Å². The van der Waals surface area contributed by atoms with Gasteiger partial charge in [-0.3, -0.25) is 20.4 Å². The van der Waals surface area contributed by atoms with Crippen LogP contribution >= 0.6 is 15.9 Å². The van der Waals surface area contributed by atoms with Crippen LogP contribution in [0.5, 0.6) is 0 Å². The highest BCUT2D eigenvalue weighted by Gasteiger charge is 2.29. The SMILES string of the molecule is O=C(/C=C/c1ccc(Br)cc1)NNC(=O)C[C@H]1CCS(=O)(=O)C1. The molecule has 0 unspecified atom stereocenters. The van der Waals surface area contributed by atoms with Crippen LogP contribution in [0, 0.1) is 5.92 Å². The molecule has 0 aliphatic carbocycles. The first-order valence-electron chi connectivity index (χ1n) is 7.07. The molecule has 1 aliphatic heterocycles. The molecule has 1 heterocycles. The third-order valence-corrected chi connectivity index (χ3v) is 5.79. The summed E-state index contributed by atoms with van der Waals surface area (Å²) >= 11 is 3.32. The van der Waals surface area contributed by atoms with Crippen molar-refractivity contribution in [3.05, 3.63) is 40.4 Å². The summed E-state index contributed by atoms with van der Waals surface area (Å²) in [5, 5.41) is 0. The fourth-order valence-corrected chi connectivity index (χ4v) is 4.39. The molecule has 1 aromatic rings. The number of sulfone groups is 1. The molecule has 8 heteroatoms. The molecule has 1 atom stereocenters. The van der Waals surface area contributed by atoms with E-state index in [1.165, 1.54) is 6.08 Å². The Kier molecular flexibility index (Phi) is 5.95. The lowest BCUT2D eigenvalue weighted by atomic mass is 10.1. The van der Waals surface area contributed by atoms with E-state index in [9.17, 15) is 18.0 Å². The number of benzene rings is 1. The van der Waals surface area contributed by atoms with E-state index < -0.39 is 21.7 Å². The van der Waals surface area contributed by atoms with Crippen LogP contribution in [0.15, 0.2) is 34.8 Å². The minimum atomic E-state index is -3.00. The van der Waals surface area contributed by atoms with Gasteiger partial charge in [-0.2, -0.15) is 0 Å². The van der Waals surface area contributed by atoms with E-state index in [2.05, 4.69) is 26.8 Å². The van der Waals surface area contributed by atoms with Crippen LogP contribution in [-0.2, 0) is 19.4 Å². The summed E-state index contributed by atoms with van der Waals surface area (Å²) in [6, 6.07) is 7.39. The van der Waals surface area contributed by atoms with Gasteiger partial charge in [0, 0.05) is 17.0 Å². The summed E-state index contributed by atoms with van der Waals surface area (Å²) in [7, 11) is -3.00. The van der Waals surface area contributed by atoms with Crippen molar-refractivity contribution in [2.75, 3.05) is 11.5 Å². The maximum Gasteiger partial charge on any atom is 0.262 e. The zero-order valence-corrected chi connectivity index (χ0v) is 14.7. The lowest BCUT2D eigenvalue weighted by Gasteiger charge is -2.08. The van der Waals surface area contributed by atoms with Crippen LogP contribution in [0.2, 0.25) is 0 Å². The summed E-state index contributed by atoms with van der Waals surface area (Å²) in [6.07, 6.45) is 3.52. The number of nitrogens with one attached hydrogen (secondary N) is 2. The molecule has 1 fully saturated rings. The van der Waals surface area contributed by atoms with Crippen molar-refractivity contribution in [1.82, 2.24) is 10.9 Å². The van der Waals surface area contributed by atoms with Gasteiger partial charge < -0.3 is 0 Å². The fraction of sp³-hybridized carbons (Fsp3) is 0.333. The standard InChI is InChI=1S/C15H17BrN2O4S/c16-13-4-1-11(2-5-13)3-6-14(19)17-18-15(20)9-12-7-8-23(21,22)10-12/h1-6,12H,7-10H2,(H,17,19)(H,18,20)/b6-3+/t12-/m1/s1. The third-order valence-electron chi connectivity index (χ3n) is 3.42. The first-order chi connectivity index (χ1) is 10.8. The Bertz CT molecular complexity index is 713. The normalized spacial score (nSPS) is 19.6. The molecular weight excluding hydrogens is 384 g/mol. The van der Waals surface area contributed by atoms with Gasteiger partial charge in [-0.05, 0) is 36.1 Å². The van der Waals surface area contributed by atoms with E-state index >= 15 is 0 Å². The second-order valence-electron chi connectivity index (χ2n) is 5.40. The van der Waals surface area contributed by atoms with Gasteiger partial charge in [0.15, 0.2) is 9.84 Å². The molecule has 2 N–H and O–H groups in total. The van der Waals surface area contributed by atoms with E-state index in [1.54, 1.807) is 6.08 Å². The van der Waals surface area contributed by atoms with E-state index in [0.29, 0.717) is 6.42 Å². The van der Waals surface area contributed by atoms with Crippen molar-refractivity contribution >= 4 is 43.7 Å². The van der Waals surface area contributed by atoms with Gasteiger partial charge in [0.05, 0.1) is 11.5 Å². The molecule has 1 aliphatic rings. The molecule has 2 rings (SSSR count). The Hall–Kier alpha value is -1.67. The molecule has 0 spiro atoms. The summed E-state index contributed by atoms with van der Waals surface area (Å²) in [5.74, 6) is -0.849. The number of hydrazine groups is 1. The van der Waals surface area contributed by atoms with Gasteiger partial charge in [-0.25, -0.2) is 8.42 Å². The van der Waals surface area contributed by atoms with Crippen molar-refractivity contribution in [2.24, 2.45) is 5.92 Å². The fourth-order valence-electron chi connectivity index (χ4n) is 2.26. The largest absolute Gasteiger partial charge is 0.273 e. The van der Waals surface area contributed by atoms with Gasteiger partial charge in [0.2, 0.25) is 5.91 Å². The van der Waals surface area contributed by atoms with Crippen LogP contribution in [0.25, 0.3) is 6.08 Å². The summed E-state index contributed by atoms with van der Waals surface area (Å²) in [6.45, 7) is 0. The van der Waals surface area contributed by atoms with Crippen molar-refractivity contribution < 1.29 is 18.0 Å². The van der Waals surface area contributed by atoms with Crippen molar-refractivity contribution in [2.45, 2.75) is 12.8 Å². The summed E-state index contributed by atoms with van der Waals surface area (Å²) in [5.41, 5.74) is 5.42. The highest BCUT2D eigenvalue weighted by Crippen LogP contribution is 2.21. The number of carbonyl (C=O) groups is 2. The zero-order valence-electron chi connectivity index (χ0n) is 12.3. The molecule has 23 heavy (non-hydrogen) atoms. The first kappa shape index (κ1) is 17.7. The first-order valence-corrected chi connectivity index (χ1v) is 9.68. The Morgan fingerprint density at radius 3 is 2.52 bits per heavy atom. The van der Waals surface area contributed by atoms with Crippen LogP contribution in [-0.4, -0.2) is 31.7 Å². The minimum Gasteiger partial charge on any atom is -0.273 e. The number of hydrogen-bond acceptors (Lipinski definition) is 4. The Morgan fingerprint density at radius 2 is 1.91 bits per heavy atom. The van der Waals surface area contributed by atoms with Gasteiger partial charge in [0.1, 0.15) is 0 Å². The maximum atomic E-state index is 11.7. The Balaban J connectivity index is 1.73. The summed E-state index contributed by atoms with van der Waals surface area (Å²) in [4.78, 5) is 23.3. The number of amides is 2. The Labute approximate surface area is 143 Å². The third kappa shape index (κ3) is 6.15. The molecule has 0 saturated carbocycles. The van der Waals surface area contributed by atoms with Gasteiger partial charge in [0.25, 0.3) is 5.91 Å². The molecular formula is C15H17BrN2O4S. The van der Waals surface area contributed by atoms with E-state index in [-0.39, 0.29) is 23.8 Å². The minimum absolute atomic E-state index is 0.0395. The van der Waals surface area contributed by atoms with Gasteiger partial charge >= 0.3 is 0 Å². The quantitative estimate of drug-likeness (QED) is 0.590. The number of rotatable bonds is 4. The van der Waals surface area contributed by atoms with E-state index in [0.717, 1.165) is 10.0 Å². The highest BCUT2D eigenvalue weighted by molar-refractivity contribution is 9.10. The molecule has 0 bridgehead atoms. The predicted octanol–water partition coefficient (Wildman–Crippen LogP) is 1.43. The van der Waals surface area contributed by atoms with Crippen LogP contribution < -0.4 is 10.9 Å². The average Bonchev–Trinajstić information content (AvgIpc) is 2.83. The lowest BCUT2D eigenvalue weighted by molar-refractivity contribution is -0.127. The molecule has 0 aromatic heterocycles. The second-order valence-corrected chi connectivity index (χ2v) is 8.54. The zero-order chi connectivity index (χ0) is 16.9. The van der Waals surface area contributed by atoms with E-state index in [4.69, 9.17) is 0 Å². The van der Waals surface area contributed by atoms with Crippen LogP contribution in [0.1, 0.15) is 18.4 Å². The molecule has 124 valence electrons. The highest BCUT2D eigenvalue weighted by atomic mass is 79.9. The predicted molar refractivity (Wildman–Crippen MR) is 90.8 cm³/mol. The van der Waals surface area contributed by atoms with Gasteiger partial charge in [-0.1, -0.05) is 28.1 Å². The maximum absolute atomic E-state index is 11.7. The number of carbonyl (C=O) groups excluding carboxylic acids is 2. The summed E-state index contributed by atoms with van der Waals surface area (Å²) < 4.78 is 23.6. The van der Waals surface area contributed by atoms with Crippen molar-refractivity contribution in [3.63, 3.8) is 0 Å². The Morgan fingerprint density at radius 1 is 1.22 bits per heavy atom. The number of halogens is 1. The average molecular weight is 401 g/mol.